The summed E-state index contributed by atoms with van der Waals surface area (Å²) in [6.45, 7) is 10.2. The molecule has 0 aliphatic rings. The lowest BCUT2D eigenvalue weighted by atomic mass is 10.1. The molecule has 0 saturated carbocycles. The molecule has 1 unspecified atom stereocenters. The van der Waals surface area contributed by atoms with E-state index in [1.54, 1.807) is 0 Å². The molecule has 1 aromatic carbocycles. The van der Waals surface area contributed by atoms with Gasteiger partial charge in [0.25, 0.3) is 0 Å². The molecular formula is C14H22ClNO. The molecule has 0 saturated heterocycles. The summed E-state index contributed by atoms with van der Waals surface area (Å²) in [7, 11) is 0. The first-order chi connectivity index (χ1) is 8.04. The average Bonchev–Trinajstić information content (AvgIpc) is 2.27. The van der Waals surface area contributed by atoms with Crippen LogP contribution in [-0.2, 0) is 0 Å². The SMILES string of the molecule is CCNC(C)c1cc(Cl)ccc1OCC(C)C. The normalized spacial score (nSPS) is 12.8. The van der Waals surface area contributed by atoms with Crippen molar-refractivity contribution in [2.45, 2.75) is 33.7 Å². The predicted molar refractivity (Wildman–Crippen MR) is 73.9 cm³/mol. The number of hydrogen-bond donors (Lipinski definition) is 1. The van der Waals surface area contributed by atoms with E-state index in [2.05, 4.69) is 33.0 Å². The van der Waals surface area contributed by atoms with Crippen LogP contribution in [0.5, 0.6) is 5.75 Å². The summed E-state index contributed by atoms with van der Waals surface area (Å²) in [6, 6.07) is 6.05. The fourth-order valence-corrected chi connectivity index (χ4v) is 1.84. The number of rotatable bonds is 6. The third-order valence-electron chi connectivity index (χ3n) is 2.52. The Morgan fingerprint density at radius 3 is 2.59 bits per heavy atom. The Morgan fingerprint density at radius 1 is 1.29 bits per heavy atom. The van der Waals surface area contributed by atoms with Gasteiger partial charge in [-0.15, -0.1) is 0 Å². The Kier molecular flexibility index (Phi) is 5.79. The van der Waals surface area contributed by atoms with Gasteiger partial charge in [-0.2, -0.15) is 0 Å². The van der Waals surface area contributed by atoms with E-state index in [1.165, 1.54) is 0 Å². The van der Waals surface area contributed by atoms with Crippen LogP contribution in [0.4, 0.5) is 0 Å². The fraction of sp³-hybridized carbons (Fsp3) is 0.571. The van der Waals surface area contributed by atoms with Crippen LogP contribution in [0.3, 0.4) is 0 Å². The van der Waals surface area contributed by atoms with Gasteiger partial charge in [-0.3, -0.25) is 0 Å². The zero-order valence-electron chi connectivity index (χ0n) is 11.1. The molecule has 0 heterocycles. The lowest BCUT2D eigenvalue weighted by molar-refractivity contribution is 0.266. The summed E-state index contributed by atoms with van der Waals surface area (Å²) in [5, 5.41) is 4.13. The van der Waals surface area contributed by atoms with E-state index in [0.29, 0.717) is 5.92 Å². The van der Waals surface area contributed by atoms with Gasteiger partial charge in [0.05, 0.1) is 6.61 Å². The van der Waals surface area contributed by atoms with Gasteiger partial charge in [0, 0.05) is 16.6 Å². The second-order valence-electron chi connectivity index (χ2n) is 4.67. The smallest absolute Gasteiger partial charge is 0.124 e. The van der Waals surface area contributed by atoms with E-state index in [0.717, 1.165) is 29.5 Å². The van der Waals surface area contributed by atoms with Crippen molar-refractivity contribution in [3.8, 4) is 5.75 Å². The lowest BCUT2D eigenvalue weighted by Crippen LogP contribution is -2.19. The van der Waals surface area contributed by atoms with Crippen LogP contribution in [0.2, 0.25) is 5.02 Å². The third kappa shape index (κ3) is 4.57. The highest BCUT2D eigenvalue weighted by Gasteiger charge is 2.12. The van der Waals surface area contributed by atoms with E-state index in [1.807, 2.05) is 18.2 Å². The summed E-state index contributed by atoms with van der Waals surface area (Å²) in [5.74, 6) is 1.45. The van der Waals surface area contributed by atoms with Gasteiger partial charge < -0.3 is 10.1 Å². The molecule has 0 aliphatic carbocycles. The molecule has 0 fully saturated rings. The summed E-state index contributed by atoms with van der Waals surface area (Å²) in [4.78, 5) is 0. The van der Waals surface area contributed by atoms with Gasteiger partial charge >= 0.3 is 0 Å². The first kappa shape index (κ1) is 14.3. The van der Waals surface area contributed by atoms with Crippen LogP contribution in [0.25, 0.3) is 0 Å². The summed E-state index contributed by atoms with van der Waals surface area (Å²) < 4.78 is 5.82. The number of halogens is 1. The Balaban J connectivity index is 2.87. The van der Waals surface area contributed by atoms with Crippen molar-refractivity contribution in [2.24, 2.45) is 5.92 Å². The molecule has 3 heteroatoms. The number of hydrogen-bond acceptors (Lipinski definition) is 2. The minimum Gasteiger partial charge on any atom is -0.493 e. The maximum atomic E-state index is 6.04. The van der Waals surface area contributed by atoms with Crippen molar-refractivity contribution >= 4 is 11.6 Å². The van der Waals surface area contributed by atoms with Crippen LogP contribution < -0.4 is 10.1 Å². The molecule has 0 aromatic heterocycles. The minimum absolute atomic E-state index is 0.251. The van der Waals surface area contributed by atoms with Crippen LogP contribution in [0, 0.1) is 5.92 Å². The van der Waals surface area contributed by atoms with Gasteiger partial charge in [0.15, 0.2) is 0 Å². The van der Waals surface area contributed by atoms with Crippen LogP contribution in [0.15, 0.2) is 18.2 Å². The number of ether oxygens (including phenoxy) is 1. The Bertz CT molecular complexity index is 352. The van der Waals surface area contributed by atoms with Gasteiger partial charge in [-0.05, 0) is 37.6 Å². The largest absolute Gasteiger partial charge is 0.493 e. The second-order valence-corrected chi connectivity index (χ2v) is 5.10. The van der Waals surface area contributed by atoms with E-state index in [9.17, 15) is 0 Å². The predicted octanol–water partition coefficient (Wildman–Crippen LogP) is 4.05. The zero-order chi connectivity index (χ0) is 12.8. The molecule has 0 bridgehead atoms. The Labute approximate surface area is 109 Å². The van der Waals surface area contributed by atoms with E-state index >= 15 is 0 Å². The average molecular weight is 256 g/mol. The molecular weight excluding hydrogens is 234 g/mol. The maximum absolute atomic E-state index is 6.04. The molecule has 0 radical (unpaired) electrons. The minimum atomic E-state index is 0.251. The fourth-order valence-electron chi connectivity index (χ4n) is 1.66. The molecule has 0 aliphatic heterocycles. The molecule has 1 aromatic rings. The molecule has 1 N–H and O–H groups in total. The Morgan fingerprint density at radius 2 is 2.00 bits per heavy atom. The first-order valence-corrected chi connectivity index (χ1v) is 6.58. The molecule has 2 nitrogen and oxygen atoms in total. The van der Waals surface area contributed by atoms with Gasteiger partial charge in [0.2, 0.25) is 0 Å². The zero-order valence-corrected chi connectivity index (χ0v) is 11.8. The number of benzene rings is 1. The molecule has 0 amide bonds. The highest BCUT2D eigenvalue weighted by Crippen LogP contribution is 2.28. The van der Waals surface area contributed by atoms with Crippen molar-refractivity contribution in [2.75, 3.05) is 13.2 Å². The number of nitrogens with one attached hydrogen (secondary N) is 1. The topological polar surface area (TPSA) is 21.3 Å². The quantitative estimate of drug-likeness (QED) is 0.828. The van der Waals surface area contributed by atoms with Crippen LogP contribution in [-0.4, -0.2) is 13.2 Å². The monoisotopic (exact) mass is 255 g/mol. The van der Waals surface area contributed by atoms with Gasteiger partial charge in [0.1, 0.15) is 5.75 Å². The standard InChI is InChI=1S/C14H22ClNO/c1-5-16-11(4)13-8-12(15)6-7-14(13)17-9-10(2)3/h6-8,10-11,16H,5,9H2,1-4H3. The third-order valence-corrected chi connectivity index (χ3v) is 2.76. The van der Waals surface area contributed by atoms with E-state index < -0.39 is 0 Å². The summed E-state index contributed by atoms with van der Waals surface area (Å²) in [5.41, 5.74) is 1.12. The van der Waals surface area contributed by atoms with E-state index in [-0.39, 0.29) is 6.04 Å². The first-order valence-electron chi connectivity index (χ1n) is 6.20. The van der Waals surface area contributed by atoms with Crippen LogP contribution >= 0.6 is 11.6 Å². The molecule has 17 heavy (non-hydrogen) atoms. The van der Waals surface area contributed by atoms with Crippen molar-refractivity contribution in [3.63, 3.8) is 0 Å². The van der Waals surface area contributed by atoms with Crippen LogP contribution in [0.1, 0.15) is 39.3 Å². The lowest BCUT2D eigenvalue weighted by Gasteiger charge is -2.18. The second kappa shape index (κ2) is 6.87. The molecule has 96 valence electrons. The van der Waals surface area contributed by atoms with Crippen molar-refractivity contribution < 1.29 is 4.74 Å². The maximum Gasteiger partial charge on any atom is 0.124 e. The Hall–Kier alpha value is -0.730. The van der Waals surface area contributed by atoms with E-state index in [4.69, 9.17) is 16.3 Å². The van der Waals surface area contributed by atoms with Crippen molar-refractivity contribution in [1.29, 1.82) is 0 Å². The summed E-state index contributed by atoms with van der Waals surface area (Å²) in [6.07, 6.45) is 0. The molecule has 1 atom stereocenters. The van der Waals surface area contributed by atoms with Gasteiger partial charge in [-0.1, -0.05) is 32.4 Å². The van der Waals surface area contributed by atoms with Gasteiger partial charge in [-0.25, -0.2) is 0 Å². The highest BCUT2D eigenvalue weighted by atomic mass is 35.5. The van der Waals surface area contributed by atoms with Crippen molar-refractivity contribution in [3.05, 3.63) is 28.8 Å². The molecule has 0 spiro atoms. The summed E-state index contributed by atoms with van der Waals surface area (Å²) >= 11 is 6.04. The highest BCUT2D eigenvalue weighted by molar-refractivity contribution is 6.30. The van der Waals surface area contributed by atoms with Crippen molar-refractivity contribution in [1.82, 2.24) is 5.32 Å². The molecule has 1 rings (SSSR count).